The van der Waals surface area contributed by atoms with Crippen molar-refractivity contribution in [1.82, 2.24) is 4.90 Å². The summed E-state index contributed by atoms with van der Waals surface area (Å²) in [5.74, 6) is -0.464. The molecule has 0 aromatic heterocycles. The van der Waals surface area contributed by atoms with Gasteiger partial charge in [0.2, 0.25) is 0 Å². The number of carbonyl (C=O) groups is 2. The first-order valence-corrected chi connectivity index (χ1v) is 4.52. The van der Waals surface area contributed by atoms with Gasteiger partial charge in [0.1, 0.15) is 0 Å². The predicted molar refractivity (Wildman–Crippen MR) is 50.6 cm³/mol. The molecule has 0 radical (unpaired) electrons. The number of amides is 2. The van der Waals surface area contributed by atoms with Gasteiger partial charge in [0.15, 0.2) is 0 Å². The van der Waals surface area contributed by atoms with Crippen LogP contribution in [0.25, 0.3) is 0 Å². The standard InChI is InChI=1S/C9H6BrNO2/c1-11-8(12)6-3-2-5(10)4-7(6)9(11)13/h2-4H,1H3. The highest BCUT2D eigenvalue weighted by atomic mass is 79.9. The van der Waals surface area contributed by atoms with Gasteiger partial charge in [-0.2, -0.15) is 0 Å². The molecule has 0 aliphatic carbocycles. The third kappa shape index (κ3) is 1.09. The molecule has 1 aliphatic heterocycles. The quantitative estimate of drug-likeness (QED) is 0.647. The number of imide groups is 1. The fraction of sp³-hybridized carbons (Fsp3) is 0.111. The van der Waals surface area contributed by atoms with E-state index in [1.165, 1.54) is 7.05 Å². The van der Waals surface area contributed by atoms with Gasteiger partial charge < -0.3 is 0 Å². The number of benzene rings is 1. The SMILES string of the molecule is CN1C(=O)c2ccc(Br)cc2C1=O. The molecule has 0 spiro atoms. The highest BCUT2D eigenvalue weighted by Crippen LogP contribution is 2.24. The van der Waals surface area contributed by atoms with Gasteiger partial charge in [-0.1, -0.05) is 15.9 Å². The van der Waals surface area contributed by atoms with Crippen LogP contribution >= 0.6 is 15.9 Å². The monoisotopic (exact) mass is 239 g/mol. The van der Waals surface area contributed by atoms with Gasteiger partial charge in [0, 0.05) is 11.5 Å². The van der Waals surface area contributed by atoms with Crippen molar-refractivity contribution in [3.05, 3.63) is 33.8 Å². The summed E-state index contributed by atoms with van der Waals surface area (Å²) in [4.78, 5) is 24.0. The summed E-state index contributed by atoms with van der Waals surface area (Å²) >= 11 is 3.25. The van der Waals surface area contributed by atoms with Crippen LogP contribution in [0.3, 0.4) is 0 Å². The summed E-state index contributed by atoms with van der Waals surface area (Å²) in [5, 5.41) is 0. The fourth-order valence-corrected chi connectivity index (χ4v) is 1.69. The molecule has 4 heteroatoms. The van der Waals surface area contributed by atoms with E-state index in [-0.39, 0.29) is 11.8 Å². The Bertz CT molecular complexity index is 414. The van der Waals surface area contributed by atoms with E-state index >= 15 is 0 Å². The van der Waals surface area contributed by atoms with Gasteiger partial charge in [-0.05, 0) is 18.2 Å². The zero-order valence-corrected chi connectivity index (χ0v) is 8.46. The molecule has 0 unspecified atom stereocenters. The van der Waals surface area contributed by atoms with E-state index < -0.39 is 0 Å². The van der Waals surface area contributed by atoms with Crippen LogP contribution in [-0.4, -0.2) is 23.8 Å². The molecule has 13 heavy (non-hydrogen) atoms. The van der Waals surface area contributed by atoms with E-state index in [2.05, 4.69) is 15.9 Å². The zero-order chi connectivity index (χ0) is 9.59. The number of rotatable bonds is 0. The van der Waals surface area contributed by atoms with Crippen molar-refractivity contribution in [3.63, 3.8) is 0 Å². The van der Waals surface area contributed by atoms with Crippen molar-refractivity contribution >= 4 is 27.7 Å². The summed E-state index contributed by atoms with van der Waals surface area (Å²) < 4.78 is 0.808. The Morgan fingerprint density at radius 3 is 2.46 bits per heavy atom. The molecule has 2 rings (SSSR count). The van der Waals surface area contributed by atoms with Crippen LogP contribution in [0.4, 0.5) is 0 Å². The molecule has 1 heterocycles. The lowest BCUT2D eigenvalue weighted by atomic mass is 10.1. The lowest BCUT2D eigenvalue weighted by Gasteiger charge is -2.02. The van der Waals surface area contributed by atoms with Crippen LogP contribution in [0.1, 0.15) is 20.7 Å². The third-order valence-electron chi connectivity index (χ3n) is 2.05. The first-order valence-electron chi connectivity index (χ1n) is 3.73. The van der Waals surface area contributed by atoms with Crippen molar-refractivity contribution in [2.24, 2.45) is 0 Å². The Morgan fingerprint density at radius 1 is 1.15 bits per heavy atom. The molecule has 1 aromatic carbocycles. The van der Waals surface area contributed by atoms with E-state index in [0.717, 1.165) is 9.37 Å². The fourth-order valence-electron chi connectivity index (χ4n) is 1.33. The predicted octanol–water partition coefficient (Wildman–Crippen LogP) is 1.67. The molecule has 0 fully saturated rings. The maximum absolute atomic E-state index is 11.4. The largest absolute Gasteiger partial charge is 0.277 e. The smallest absolute Gasteiger partial charge is 0.261 e. The first kappa shape index (κ1) is 8.44. The maximum Gasteiger partial charge on any atom is 0.261 e. The van der Waals surface area contributed by atoms with Crippen LogP contribution < -0.4 is 0 Å². The molecule has 2 amide bonds. The van der Waals surface area contributed by atoms with Gasteiger partial charge >= 0.3 is 0 Å². The van der Waals surface area contributed by atoms with Crippen molar-refractivity contribution < 1.29 is 9.59 Å². The zero-order valence-electron chi connectivity index (χ0n) is 6.87. The molecule has 0 saturated heterocycles. The summed E-state index contributed by atoms with van der Waals surface area (Å²) in [5.41, 5.74) is 0.956. The van der Waals surface area contributed by atoms with E-state index in [4.69, 9.17) is 0 Å². The summed E-state index contributed by atoms with van der Waals surface area (Å²) in [6.45, 7) is 0. The van der Waals surface area contributed by atoms with Gasteiger partial charge in [-0.3, -0.25) is 14.5 Å². The average Bonchev–Trinajstić information content (AvgIpc) is 2.32. The van der Waals surface area contributed by atoms with Crippen molar-refractivity contribution in [3.8, 4) is 0 Å². The second-order valence-corrected chi connectivity index (χ2v) is 3.77. The number of hydrogen-bond acceptors (Lipinski definition) is 2. The van der Waals surface area contributed by atoms with E-state index in [1.54, 1.807) is 18.2 Å². The minimum absolute atomic E-state index is 0.229. The Kier molecular flexibility index (Phi) is 1.73. The maximum atomic E-state index is 11.4. The van der Waals surface area contributed by atoms with Crippen LogP contribution in [-0.2, 0) is 0 Å². The molecule has 1 aromatic rings. The third-order valence-corrected chi connectivity index (χ3v) is 2.54. The second-order valence-electron chi connectivity index (χ2n) is 2.86. The highest BCUT2D eigenvalue weighted by Gasteiger charge is 2.32. The lowest BCUT2D eigenvalue weighted by Crippen LogP contribution is -2.24. The Morgan fingerprint density at radius 2 is 1.77 bits per heavy atom. The molecule has 3 nitrogen and oxygen atoms in total. The molecular weight excluding hydrogens is 234 g/mol. The van der Waals surface area contributed by atoms with E-state index in [1.807, 2.05) is 0 Å². The van der Waals surface area contributed by atoms with Gasteiger partial charge in [0.25, 0.3) is 11.8 Å². The van der Waals surface area contributed by atoms with Gasteiger partial charge in [0.05, 0.1) is 11.1 Å². The minimum Gasteiger partial charge on any atom is -0.277 e. The normalized spacial score (nSPS) is 15.1. The number of fused-ring (bicyclic) bond motifs is 1. The summed E-state index contributed by atoms with van der Waals surface area (Å²) in [7, 11) is 1.48. The summed E-state index contributed by atoms with van der Waals surface area (Å²) in [6.07, 6.45) is 0. The van der Waals surface area contributed by atoms with Crippen LogP contribution in [0.5, 0.6) is 0 Å². The van der Waals surface area contributed by atoms with E-state index in [0.29, 0.717) is 11.1 Å². The Balaban J connectivity index is 2.67. The second kappa shape index (κ2) is 2.67. The highest BCUT2D eigenvalue weighted by molar-refractivity contribution is 9.10. The average molecular weight is 240 g/mol. The number of nitrogens with zero attached hydrogens (tertiary/aromatic N) is 1. The molecule has 66 valence electrons. The number of carbonyl (C=O) groups excluding carboxylic acids is 2. The molecule has 1 aliphatic rings. The van der Waals surface area contributed by atoms with E-state index in [9.17, 15) is 9.59 Å². The summed E-state index contributed by atoms with van der Waals surface area (Å²) in [6, 6.07) is 5.07. The topological polar surface area (TPSA) is 37.4 Å². The van der Waals surface area contributed by atoms with Crippen molar-refractivity contribution in [2.75, 3.05) is 7.05 Å². The Labute approximate surface area is 83.5 Å². The number of hydrogen-bond donors (Lipinski definition) is 0. The van der Waals surface area contributed by atoms with Crippen LogP contribution in [0.2, 0.25) is 0 Å². The van der Waals surface area contributed by atoms with Crippen molar-refractivity contribution in [1.29, 1.82) is 0 Å². The lowest BCUT2D eigenvalue weighted by molar-refractivity contribution is 0.0693. The first-order chi connectivity index (χ1) is 6.11. The van der Waals surface area contributed by atoms with Gasteiger partial charge in [-0.25, -0.2) is 0 Å². The molecular formula is C9H6BrNO2. The van der Waals surface area contributed by atoms with Crippen molar-refractivity contribution in [2.45, 2.75) is 0 Å². The molecule has 0 N–H and O–H groups in total. The minimum atomic E-state index is -0.235. The molecule has 0 atom stereocenters. The molecule has 0 bridgehead atoms. The van der Waals surface area contributed by atoms with Crippen LogP contribution in [0, 0.1) is 0 Å². The Hall–Kier alpha value is -1.16. The van der Waals surface area contributed by atoms with Crippen LogP contribution in [0.15, 0.2) is 22.7 Å². The van der Waals surface area contributed by atoms with Gasteiger partial charge in [-0.15, -0.1) is 0 Å². The molecule has 0 saturated carbocycles. The number of halogens is 1.